The van der Waals surface area contributed by atoms with Crippen molar-refractivity contribution in [3.63, 3.8) is 0 Å². The van der Waals surface area contributed by atoms with Crippen LogP contribution in [0, 0.1) is 13.8 Å². The molecule has 0 N–H and O–H groups in total. The van der Waals surface area contributed by atoms with Crippen LogP contribution in [0.2, 0.25) is 0 Å². The summed E-state index contributed by atoms with van der Waals surface area (Å²) in [5, 5.41) is 4.55. The molecular weight excluding hydrogens is 338 g/mol. The van der Waals surface area contributed by atoms with Gasteiger partial charge in [-0.2, -0.15) is 5.10 Å². The van der Waals surface area contributed by atoms with Gasteiger partial charge in [-0.25, -0.2) is 9.67 Å². The van der Waals surface area contributed by atoms with Crippen LogP contribution in [0.3, 0.4) is 0 Å². The molecule has 6 heteroatoms. The average Bonchev–Trinajstić information content (AvgIpc) is 2.99. The van der Waals surface area contributed by atoms with Gasteiger partial charge in [-0.3, -0.25) is 4.79 Å². The van der Waals surface area contributed by atoms with Crippen LogP contribution in [0.1, 0.15) is 27.3 Å². The first-order valence-electron chi connectivity index (χ1n) is 8.86. The highest BCUT2D eigenvalue weighted by atomic mass is 16.2. The number of benzene rings is 1. The third kappa shape index (κ3) is 4.16. The third-order valence-electron chi connectivity index (χ3n) is 4.38. The molecule has 0 atom stereocenters. The molecule has 0 aliphatic heterocycles. The zero-order valence-electron chi connectivity index (χ0n) is 16.5. The Morgan fingerprint density at radius 2 is 1.85 bits per heavy atom. The summed E-state index contributed by atoms with van der Waals surface area (Å²) < 4.78 is 1.96. The number of rotatable bonds is 5. The van der Waals surface area contributed by atoms with Crippen LogP contribution < -0.4 is 4.90 Å². The maximum atomic E-state index is 12.0. The van der Waals surface area contributed by atoms with Gasteiger partial charge in [0.1, 0.15) is 5.82 Å². The van der Waals surface area contributed by atoms with Crippen molar-refractivity contribution in [3.8, 4) is 5.69 Å². The molecule has 1 amide bonds. The van der Waals surface area contributed by atoms with Crippen LogP contribution in [0.15, 0.2) is 48.7 Å². The molecule has 0 fully saturated rings. The van der Waals surface area contributed by atoms with E-state index in [0.29, 0.717) is 12.1 Å². The van der Waals surface area contributed by atoms with E-state index in [1.54, 1.807) is 25.2 Å². The van der Waals surface area contributed by atoms with Crippen molar-refractivity contribution in [1.82, 2.24) is 19.7 Å². The molecule has 140 valence electrons. The molecule has 0 spiro atoms. The summed E-state index contributed by atoms with van der Waals surface area (Å²) in [6.07, 6.45) is 1.63. The van der Waals surface area contributed by atoms with Gasteiger partial charge >= 0.3 is 0 Å². The van der Waals surface area contributed by atoms with Crippen molar-refractivity contribution < 1.29 is 4.79 Å². The van der Waals surface area contributed by atoms with E-state index in [0.717, 1.165) is 28.5 Å². The van der Waals surface area contributed by atoms with Crippen molar-refractivity contribution in [3.05, 3.63) is 71.2 Å². The summed E-state index contributed by atoms with van der Waals surface area (Å²) in [5.74, 6) is 0.774. The molecule has 3 rings (SSSR count). The van der Waals surface area contributed by atoms with E-state index in [1.165, 1.54) is 0 Å². The van der Waals surface area contributed by atoms with Crippen LogP contribution >= 0.6 is 0 Å². The summed E-state index contributed by atoms with van der Waals surface area (Å²) in [7, 11) is 5.46. The Kier molecular flexibility index (Phi) is 5.26. The van der Waals surface area contributed by atoms with Gasteiger partial charge in [0.15, 0.2) is 0 Å². The van der Waals surface area contributed by atoms with E-state index in [-0.39, 0.29) is 5.91 Å². The summed E-state index contributed by atoms with van der Waals surface area (Å²) in [5.41, 5.74) is 4.92. The molecule has 0 aliphatic rings. The average molecular weight is 363 g/mol. The molecule has 2 heterocycles. The molecule has 0 aliphatic carbocycles. The lowest BCUT2D eigenvalue weighted by molar-refractivity contribution is 0.0827. The van der Waals surface area contributed by atoms with Crippen molar-refractivity contribution in [1.29, 1.82) is 0 Å². The van der Waals surface area contributed by atoms with Crippen molar-refractivity contribution >= 4 is 11.7 Å². The molecule has 6 nitrogen and oxygen atoms in total. The van der Waals surface area contributed by atoms with Gasteiger partial charge in [0.05, 0.1) is 16.9 Å². The monoisotopic (exact) mass is 363 g/mol. The first-order valence-corrected chi connectivity index (χ1v) is 8.86. The highest BCUT2D eigenvalue weighted by molar-refractivity contribution is 5.93. The van der Waals surface area contributed by atoms with Crippen LogP contribution in [-0.2, 0) is 6.54 Å². The normalized spacial score (nSPS) is 10.7. The number of anilines is 1. The Hall–Kier alpha value is -3.15. The lowest BCUT2D eigenvalue weighted by Gasteiger charge is -2.19. The minimum Gasteiger partial charge on any atom is -0.355 e. The van der Waals surface area contributed by atoms with Crippen molar-refractivity contribution in [2.75, 3.05) is 26.0 Å². The number of carbonyl (C=O) groups is 1. The van der Waals surface area contributed by atoms with Gasteiger partial charge in [-0.15, -0.1) is 0 Å². The van der Waals surface area contributed by atoms with Gasteiger partial charge in [-0.1, -0.05) is 12.1 Å². The summed E-state index contributed by atoms with van der Waals surface area (Å²) in [4.78, 5) is 20.0. The number of amides is 1. The fourth-order valence-electron chi connectivity index (χ4n) is 3.03. The highest BCUT2D eigenvalue weighted by Gasteiger charge is 2.11. The number of carbonyl (C=O) groups excluding carboxylic acids is 1. The molecule has 0 unspecified atom stereocenters. The summed E-state index contributed by atoms with van der Waals surface area (Å²) >= 11 is 0. The second-order valence-electron chi connectivity index (χ2n) is 6.97. The molecule has 2 aromatic heterocycles. The van der Waals surface area contributed by atoms with Gasteiger partial charge in [-0.05, 0) is 49.7 Å². The predicted molar refractivity (Wildman–Crippen MR) is 107 cm³/mol. The Balaban J connectivity index is 1.76. The van der Waals surface area contributed by atoms with E-state index < -0.39 is 0 Å². The fourth-order valence-corrected chi connectivity index (χ4v) is 3.03. The molecule has 0 saturated heterocycles. The Bertz CT molecular complexity index is 943. The van der Waals surface area contributed by atoms with E-state index in [2.05, 4.69) is 46.2 Å². The van der Waals surface area contributed by atoms with Gasteiger partial charge in [0.25, 0.3) is 5.91 Å². The van der Waals surface area contributed by atoms with E-state index in [9.17, 15) is 4.79 Å². The Morgan fingerprint density at radius 3 is 2.44 bits per heavy atom. The number of hydrogen-bond donors (Lipinski definition) is 0. The number of hydrogen-bond acceptors (Lipinski definition) is 4. The molecule has 0 bridgehead atoms. The molecule has 0 saturated carbocycles. The third-order valence-corrected chi connectivity index (χ3v) is 4.38. The van der Waals surface area contributed by atoms with E-state index in [1.807, 2.05) is 36.9 Å². The van der Waals surface area contributed by atoms with Gasteiger partial charge < -0.3 is 9.80 Å². The number of aryl methyl sites for hydroxylation is 2. The minimum absolute atomic E-state index is 0.0470. The van der Waals surface area contributed by atoms with E-state index in [4.69, 9.17) is 0 Å². The first kappa shape index (κ1) is 18.6. The number of pyridine rings is 1. The SMILES string of the molecule is Cc1cc(C)n(-c2cccc(CN(C)c3ccc(C(=O)N(C)C)cn3)c2)n1. The zero-order chi connectivity index (χ0) is 19.6. The molecule has 3 aromatic rings. The van der Waals surface area contributed by atoms with Crippen LogP contribution in [0.4, 0.5) is 5.82 Å². The largest absolute Gasteiger partial charge is 0.355 e. The standard InChI is InChI=1S/C21H25N5O/c1-15-11-16(2)26(23-15)19-8-6-7-17(12-19)14-25(5)20-10-9-18(13-22-20)21(27)24(3)4/h6-13H,14H2,1-5H3. The molecular formula is C21H25N5O. The maximum Gasteiger partial charge on any atom is 0.254 e. The minimum atomic E-state index is -0.0470. The molecule has 27 heavy (non-hydrogen) atoms. The van der Waals surface area contributed by atoms with Gasteiger partial charge in [0.2, 0.25) is 0 Å². The second-order valence-corrected chi connectivity index (χ2v) is 6.97. The molecule has 1 aromatic carbocycles. The lowest BCUT2D eigenvalue weighted by Crippen LogP contribution is -2.22. The first-order chi connectivity index (χ1) is 12.8. The van der Waals surface area contributed by atoms with Gasteiger partial charge in [0, 0.05) is 39.6 Å². The predicted octanol–water partition coefficient (Wildman–Crippen LogP) is 3.22. The topological polar surface area (TPSA) is 54.3 Å². The van der Waals surface area contributed by atoms with Crippen molar-refractivity contribution in [2.24, 2.45) is 0 Å². The highest BCUT2D eigenvalue weighted by Crippen LogP contribution is 2.17. The summed E-state index contributed by atoms with van der Waals surface area (Å²) in [6, 6.07) is 14.1. The van der Waals surface area contributed by atoms with Crippen LogP contribution in [0.25, 0.3) is 5.69 Å². The quantitative estimate of drug-likeness (QED) is 0.698. The van der Waals surface area contributed by atoms with Crippen molar-refractivity contribution in [2.45, 2.75) is 20.4 Å². The van der Waals surface area contributed by atoms with Crippen LogP contribution in [0.5, 0.6) is 0 Å². The lowest BCUT2D eigenvalue weighted by atomic mass is 10.2. The van der Waals surface area contributed by atoms with E-state index >= 15 is 0 Å². The summed E-state index contributed by atoms with van der Waals surface area (Å²) in [6.45, 7) is 4.76. The zero-order valence-corrected chi connectivity index (χ0v) is 16.5. The Labute approximate surface area is 160 Å². The molecule has 0 radical (unpaired) electrons. The smallest absolute Gasteiger partial charge is 0.254 e. The number of nitrogens with zero attached hydrogens (tertiary/aromatic N) is 5. The maximum absolute atomic E-state index is 12.0. The fraction of sp³-hybridized carbons (Fsp3) is 0.286. The number of aromatic nitrogens is 3. The van der Waals surface area contributed by atoms with Crippen LogP contribution in [-0.4, -0.2) is 46.7 Å². The Morgan fingerprint density at radius 1 is 1.07 bits per heavy atom. The second kappa shape index (κ2) is 7.61.